The standard InChI is InChI=1S/C11H14ClN3O/c1-7-6-15(4-3-9(7)16)11-5-10(12)13-8(2)14-11/h5,7H,3-4,6H2,1-2H3. The molecule has 86 valence electrons. The number of carbonyl (C=O) groups excluding carboxylic acids is 1. The molecule has 1 unspecified atom stereocenters. The largest absolute Gasteiger partial charge is 0.355 e. The van der Waals surface area contributed by atoms with Crippen molar-refractivity contribution in [1.82, 2.24) is 9.97 Å². The van der Waals surface area contributed by atoms with Crippen molar-refractivity contribution in [2.45, 2.75) is 20.3 Å². The maximum Gasteiger partial charge on any atom is 0.139 e. The van der Waals surface area contributed by atoms with Gasteiger partial charge in [-0.05, 0) is 6.92 Å². The third-order valence-corrected chi connectivity index (χ3v) is 2.98. The van der Waals surface area contributed by atoms with E-state index in [-0.39, 0.29) is 5.92 Å². The first-order chi connectivity index (χ1) is 7.56. The normalized spacial score (nSPS) is 21.3. The minimum absolute atomic E-state index is 0.0720. The number of aromatic nitrogens is 2. The summed E-state index contributed by atoms with van der Waals surface area (Å²) in [4.78, 5) is 21.9. The summed E-state index contributed by atoms with van der Waals surface area (Å²) in [6.45, 7) is 5.19. The quantitative estimate of drug-likeness (QED) is 0.702. The van der Waals surface area contributed by atoms with Crippen LogP contribution in [0.3, 0.4) is 0 Å². The third kappa shape index (κ3) is 2.32. The molecule has 0 N–H and O–H groups in total. The molecule has 2 heterocycles. The molecule has 1 atom stereocenters. The van der Waals surface area contributed by atoms with E-state index in [1.807, 2.05) is 13.8 Å². The maximum absolute atomic E-state index is 11.4. The summed E-state index contributed by atoms with van der Waals surface area (Å²) >= 11 is 5.89. The number of hydrogen-bond donors (Lipinski definition) is 0. The first-order valence-corrected chi connectivity index (χ1v) is 5.73. The molecule has 1 saturated heterocycles. The SMILES string of the molecule is Cc1nc(Cl)cc(N2CCC(=O)C(C)C2)n1. The van der Waals surface area contributed by atoms with Crippen LogP contribution in [0.1, 0.15) is 19.2 Å². The molecule has 0 aliphatic carbocycles. The zero-order valence-electron chi connectivity index (χ0n) is 9.40. The summed E-state index contributed by atoms with van der Waals surface area (Å²) in [6.07, 6.45) is 0.585. The van der Waals surface area contributed by atoms with Gasteiger partial charge in [-0.1, -0.05) is 18.5 Å². The molecular weight excluding hydrogens is 226 g/mol. The summed E-state index contributed by atoms with van der Waals surface area (Å²) in [5.41, 5.74) is 0. The highest BCUT2D eigenvalue weighted by atomic mass is 35.5. The summed E-state index contributed by atoms with van der Waals surface area (Å²) in [5.74, 6) is 1.87. The van der Waals surface area contributed by atoms with Gasteiger partial charge in [-0.2, -0.15) is 0 Å². The molecule has 0 radical (unpaired) electrons. The molecular formula is C11H14ClN3O. The van der Waals surface area contributed by atoms with Gasteiger partial charge in [0.2, 0.25) is 0 Å². The highest BCUT2D eigenvalue weighted by Crippen LogP contribution is 2.21. The van der Waals surface area contributed by atoms with Gasteiger partial charge < -0.3 is 4.90 Å². The van der Waals surface area contributed by atoms with Gasteiger partial charge >= 0.3 is 0 Å². The topological polar surface area (TPSA) is 46.1 Å². The van der Waals surface area contributed by atoms with Crippen LogP contribution in [0.15, 0.2) is 6.07 Å². The minimum Gasteiger partial charge on any atom is -0.355 e. The van der Waals surface area contributed by atoms with Crippen LogP contribution in [-0.4, -0.2) is 28.8 Å². The lowest BCUT2D eigenvalue weighted by Gasteiger charge is -2.31. The van der Waals surface area contributed by atoms with Crippen molar-refractivity contribution in [2.24, 2.45) is 5.92 Å². The number of aryl methyl sites for hydroxylation is 1. The van der Waals surface area contributed by atoms with Gasteiger partial charge in [0.15, 0.2) is 0 Å². The van der Waals surface area contributed by atoms with Crippen LogP contribution in [-0.2, 0) is 4.79 Å². The van der Waals surface area contributed by atoms with E-state index < -0.39 is 0 Å². The monoisotopic (exact) mass is 239 g/mol. The lowest BCUT2D eigenvalue weighted by molar-refractivity contribution is -0.122. The molecule has 1 aliphatic rings. The van der Waals surface area contributed by atoms with Crippen LogP contribution in [0.2, 0.25) is 5.15 Å². The van der Waals surface area contributed by atoms with Gasteiger partial charge in [-0.3, -0.25) is 4.79 Å². The Morgan fingerprint density at radius 3 is 2.88 bits per heavy atom. The van der Waals surface area contributed by atoms with Crippen LogP contribution in [0, 0.1) is 12.8 Å². The summed E-state index contributed by atoms with van der Waals surface area (Å²) < 4.78 is 0. The Kier molecular flexibility index (Phi) is 3.10. The molecule has 0 amide bonds. The first kappa shape index (κ1) is 11.3. The van der Waals surface area contributed by atoms with Crippen LogP contribution >= 0.6 is 11.6 Å². The van der Waals surface area contributed by atoms with Gasteiger partial charge in [0, 0.05) is 31.5 Å². The predicted octanol–water partition coefficient (Wildman–Crippen LogP) is 1.85. The van der Waals surface area contributed by atoms with E-state index in [1.54, 1.807) is 6.07 Å². The van der Waals surface area contributed by atoms with Crippen LogP contribution in [0.25, 0.3) is 0 Å². The molecule has 16 heavy (non-hydrogen) atoms. The summed E-state index contributed by atoms with van der Waals surface area (Å²) in [5, 5.41) is 0.451. The number of carbonyl (C=O) groups is 1. The Morgan fingerprint density at radius 1 is 1.50 bits per heavy atom. The Morgan fingerprint density at radius 2 is 2.25 bits per heavy atom. The van der Waals surface area contributed by atoms with E-state index in [4.69, 9.17) is 11.6 Å². The lowest BCUT2D eigenvalue weighted by atomic mass is 9.99. The Labute approximate surface area is 99.6 Å². The van der Waals surface area contributed by atoms with Crippen molar-refractivity contribution < 1.29 is 4.79 Å². The van der Waals surface area contributed by atoms with E-state index in [9.17, 15) is 4.79 Å². The second-order valence-electron chi connectivity index (χ2n) is 4.16. The second kappa shape index (κ2) is 4.37. The van der Waals surface area contributed by atoms with Crippen molar-refractivity contribution in [3.63, 3.8) is 0 Å². The van der Waals surface area contributed by atoms with Crippen molar-refractivity contribution in [2.75, 3.05) is 18.0 Å². The van der Waals surface area contributed by atoms with Gasteiger partial charge in [0.25, 0.3) is 0 Å². The minimum atomic E-state index is 0.0720. The molecule has 1 aromatic heterocycles. The second-order valence-corrected chi connectivity index (χ2v) is 4.55. The molecule has 0 saturated carbocycles. The Hall–Kier alpha value is -1.16. The molecule has 0 bridgehead atoms. The molecule has 5 heteroatoms. The highest BCUT2D eigenvalue weighted by Gasteiger charge is 2.24. The smallest absolute Gasteiger partial charge is 0.139 e. The molecule has 1 aliphatic heterocycles. The number of halogens is 1. The zero-order chi connectivity index (χ0) is 11.7. The Bertz CT molecular complexity index is 401. The zero-order valence-corrected chi connectivity index (χ0v) is 10.2. The summed E-state index contributed by atoms with van der Waals surface area (Å²) in [7, 11) is 0. The van der Waals surface area contributed by atoms with Crippen molar-refractivity contribution in [3.05, 3.63) is 17.0 Å². The number of ketones is 1. The predicted molar refractivity (Wildman–Crippen MR) is 62.8 cm³/mol. The van der Waals surface area contributed by atoms with Crippen LogP contribution in [0.5, 0.6) is 0 Å². The molecule has 0 aromatic carbocycles. The van der Waals surface area contributed by atoms with Crippen LogP contribution < -0.4 is 4.90 Å². The van der Waals surface area contributed by atoms with E-state index in [0.717, 1.165) is 12.4 Å². The molecule has 0 spiro atoms. The average Bonchev–Trinajstić information content (AvgIpc) is 2.20. The van der Waals surface area contributed by atoms with E-state index in [1.165, 1.54) is 0 Å². The number of Topliss-reactive ketones (excluding diaryl/α,β-unsaturated/α-hetero) is 1. The van der Waals surface area contributed by atoms with Gasteiger partial charge in [-0.15, -0.1) is 0 Å². The fraction of sp³-hybridized carbons (Fsp3) is 0.545. The van der Waals surface area contributed by atoms with Crippen molar-refractivity contribution >= 4 is 23.2 Å². The molecule has 1 aromatic rings. The third-order valence-electron chi connectivity index (χ3n) is 2.79. The first-order valence-electron chi connectivity index (χ1n) is 5.35. The number of rotatable bonds is 1. The van der Waals surface area contributed by atoms with Crippen LogP contribution in [0.4, 0.5) is 5.82 Å². The van der Waals surface area contributed by atoms with Gasteiger partial charge in [0.1, 0.15) is 22.6 Å². The van der Waals surface area contributed by atoms with Crippen molar-refractivity contribution in [1.29, 1.82) is 0 Å². The van der Waals surface area contributed by atoms with E-state index in [0.29, 0.717) is 29.7 Å². The Balaban J connectivity index is 2.21. The number of nitrogens with zero attached hydrogens (tertiary/aromatic N) is 3. The van der Waals surface area contributed by atoms with Gasteiger partial charge in [-0.25, -0.2) is 9.97 Å². The van der Waals surface area contributed by atoms with Crippen molar-refractivity contribution in [3.8, 4) is 0 Å². The average molecular weight is 240 g/mol. The van der Waals surface area contributed by atoms with Gasteiger partial charge in [0.05, 0.1) is 0 Å². The number of anilines is 1. The lowest BCUT2D eigenvalue weighted by Crippen LogP contribution is -2.40. The fourth-order valence-corrected chi connectivity index (χ4v) is 2.12. The van der Waals surface area contributed by atoms with E-state index in [2.05, 4.69) is 14.9 Å². The van der Waals surface area contributed by atoms with E-state index >= 15 is 0 Å². The molecule has 4 nitrogen and oxygen atoms in total. The highest BCUT2D eigenvalue weighted by molar-refractivity contribution is 6.29. The number of piperidine rings is 1. The fourth-order valence-electron chi connectivity index (χ4n) is 1.90. The summed E-state index contributed by atoms with van der Waals surface area (Å²) in [6, 6.07) is 1.75. The maximum atomic E-state index is 11.4. The molecule has 1 fully saturated rings. The number of hydrogen-bond acceptors (Lipinski definition) is 4. The molecule has 2 rings (SSSR count).